The zero-order valence-electron chi connectivity index (χ0n) is 8.95. The Hall–Kier alpha value is -1.64. The normalized spacial score (nSPS) is 9.73. The van der Waals surface area contributed by atoms with Gasteiger partial charge in [0.05, 0.1) is 13.5 Å². The van der Waals surface area contributed by atoms with Gasteiger partial charge in [-0.1, -0.05) is 6.92 Å². The van der Waals surface area contributed by atoms with Crippen LogP contribution < -0.4 is 4.74 Å². The van der Waals surface area contributed by atoms with E-state index in [0.717, 1.165) is 0 Å². The molecule has 0 saturated heterocycles. The van der Waals surface area contributed by atoms with Crippen molar-refractivity contribution in [1.29, 1.82) is 0 Å². The van der Waals surface area contributed by atoms with Gasteiger partial charge in [-0.25, -0.2) is 0 Å². The fourth-order valence-corrected chi connectivity index (χ4v) is 1.18. The van der Waals surface area contributed by atoms with Crippen molar-refractivity contribution in [3.63, 3.8) is 0 Å². The van der Waals surface area contributed by atoms with Crippen LogP contribution in [-0.4, -0.2) is 18.7 Å². The van der Waals surface area contributed by atoms with Crippen LogP contribution in [0.25, 0.3) is 0 Å². The van der Waals surface area contributed by atoms with Crippen molar-refractivity contribution in [3.8, 4) is 5.75 Å². The number of rotatable bonds is 5. The SMILES string of the molecule is CCC(=O)CC(=O)c1ccc(OC)cc1. The fraction of sp³-hybridized carbons (Fsp3) is 0.333. The quantitative estimate of drug-likeness (QED) is 0.548. The van der Waals surface area contributed by atoms with Gasteiger partial charge >= 0.3 is 0 Å². The minimum atomic E-state index is -0.135. The van der Waals surface area contributed by atoms with Gasteiger partial charge in [-0.05, 0) is 24.3 Å². The van der Waals surface area contributed by atoms with Gasteiger partial charge in [0.15, 0.2) is 5.78 Å². The van der Waals surface area contributed by atoms with Crippen LogP contribution >= 0.6 is 0 Å². The van der Waals surface area contributed by atoms with Crippen molar-refractivity contribution in [1.82, 2.24) is 0 Å². The van der Waals surface area contributed by atoms with E-state index in [1.165, 1.54) is 0 Å². The lowest BCUT2D eigenvalue weighted by molar-refractivity contribution is -0.117. The van der Waals surface area contributed by atoms with E-state index in [1.807, 2.05) is 0 Å². The molecule has 3 heteroatoms. The molecule has 0 spiro atoms. The average Bonchev–Trinajstić information content (AvgIpc) is 2.29. The first-order valence-corrected chi connectivity index (χ1v) is 4.86. The molecule has 15 heavy (non-hydrogen) atoms. The predicted octanol–water partition coefficient (Wildman–Crippen LogP) is 2.25. The summed E-state index contributed by atoms with van der Waals surface area (Å²) in [5, 5.41) is 0. The monoisotopic (exact) mass is 206 g/mol. The molecule has 0 aliphatic carbocycles. The fourth-order valence-electron chi connectivity index (χ4n) is 1.18. The molecule has 80 valence electrons. The van der Waals surface area contributed by atoms with Crippen molar-refractivity contribution in [2.75, 3.05) is 7.11 Å². The van der Waals surface area contributed by atoms with Crippen LogP contribution in [0.5, 0.6) is 5.75 Å². The van der Waals surface area contributed by atoms with Crippen molar-refractivity contribution in [2.45, 2.75) is 19.8 Å². The van der Waals surface area contributed by atoms with Gasteiger partial charge in [0.1, 0.15) is 11.5 Å². The number of benzene rings is 1. The Bertz CT molecular complexity index is 352. The molecular formula is C12H14O3. The summed E-state index contributed by atoms with van der Waals surface area (Å²) >= 11 is 0. The third-order valence-corrected chi connectivity index (χ3v) is 2.16. The summed E-state index contributed by atoms with van der Waals surface area (Å²) in [6.07, 6.45) is 0.394. The standard InChI is InChI=1S/C12H14O3/c1-3-10(13)8-12(14)9-4-6-11(15-2)7-5-9/h4-7H,3,8H2,1-2H3. The largest absolute Gasteiger partial charge is 0.497 e. The Morgan fingerprint density at radius 1 is 1.20 bits per heavy atom. The maximum absolute atomic E-state index is 11.6. The van der Waals surface area contributed by atoms with Gasteiger partial charge in [0.2, 0.25) is 0 Å². The van der Waals surface area contributed by atoms with Crippen LogP contribution in [0.4, 0.5) is 0 Å². The van der Waals surface area contributed by atoms with E-state index in [2.05, 4.69) is 0 Å². The zero-order chi connectivity index (χ0) is 11.3. The van der Waals surface area contributed by atoms with Crippen LogP contribution in [0.2, 0.25) is 0 Å². The molecule has 1 rings (SSSR count). The van der Waals surface area contributed by atoms with Gasteiger partial charge in [0.25, 0.3) is 0 Å². The molecule has 0 atom stereocenters. The summed E-state index contributed by atoms with van der Waals surface area (Å²) in [5.41, 5.74) is 0.553. The van der Waals surface area contributed by atoms with E-state index in [1.54, 1.807) is 38.3 Å². The van der Waals surface area contributed by atoms with Crippen LogP contribution in [0.1, 0.15) is 30.1 Å². The molecule has 0 N–H and O–H groups in total. The van der Waals surface area contributed by atoms with Crippen molar-refractivity contribution >= 4 is 11.6 Å². The Balaban J connectivity index is 2.70. The molecule has 0 heterocycles. The van der Waals surface area contributed by atoms with Gasteiger partial charge in [-0.15, -0.1) is 0 Å². The van der Waals surface area contributed by atoms with Crippen LogP contribution in [0.3, 0.4) is 0 Å². The highest BCUT2D eigenvalue weighted by molar-refractivity contribution is 6.07. The number of carbonyl (C=O) groups is 2. The van der Waals surface area contributed by atoms with Gasteiger partial charge in [0, 0.05) is 12.0 Å². The summed E-state index contributed by atoms with van der Waals surface area (Å²) in [6.45, 7) is 1.75. The van der Waals surface area contributed by atoms with Gasteiger partial charge in [-0.2, -0.15) is 0 Å². The lowest BCUT2D eigenvalue weighted by atomic mass is 10.1. The summed E-state index contributed by atoms with van der Waals surface area (Å²) in [6, 6.07) is 6.77. The minimum Gasteiger partial charge on any atom is -0.497 e. The molecule has 0 unspecified atom stereocenters. The van der Waals surface area contributed by atoms with E-state index < -0.39 is 0 Å². The first kappa shape index (κ1) is 11.4. The Morgan fingerprint density at radius 2 is 1.80 bits per heavy atom. The lowest BCUT2D eigenvalue weighted by Crippen LogP contribution is -2.06. The second-order valence-electron chi connectivity index (χ2n) is 3.22. The average molecular weight is 206 g/mol. The van der Waals surface area contributed by atoms with E-state index in [0.29, 0.717) is 17.7 Å². The van der Waals surface area contributed by atoms with Crippen molar-refractivity contribution in [2.24, 2.45) is 0 Å². The summed E-state index contributed by atoms with van der Waals surface area (Å²) < 4.78 is 4.97. The molecule has 0 aromatic heterocycles. The molecule has 3 nitrogen and oxygen atoms in total. The first-order valence-electron chi connectivity index (χ1n) is 4.86. The molecule has 1 aromatic rings. The predicted molar refractivity (Wildman–Crippen MR) is 57.2 cm³/mol. The third kappa shape index (κ3) is 3.20. The molecule has 0 fully saturated rings. The first-order chi connectivity index (χ1) is 7.17. The van der Waals surface area contributed by atoms with E-state index in [4.69, 9.17) is 4.74 Å². The number of ketones is 2. The highest BCUT2D eigenvalue weighted by Crippen LogP contribution is 2.12. The molecule has 0 aliphatic heterocycles. The third-order valence-electron chi connectivity index (χ3n) is 2.16. The van der Waals surface area contributed by atoms with E-state index in [9.17, 15) is 9.59 Å². The number of methoxy groups -OCH3 is 1. The Labute approximate surface area is 89.1 Å². The summed E-state index contributed by atoms with van der Waals surface area (Å²) in [5.74, 6) is 0.536. The number of Topliss-reactive ketones (excluding diaryl/α,β-unsaturated/α-hetero) is 2. The Kier molecular flexibility index (Phi) is 4.03. The smallest absolute Gasteiger partial charge is 0.170 e. The second kappa shape index (κ2) is 5.29. The Morgan fingerprint density at radius 3 is 2.27 bits per heavy atom. The number of carbonyl (C=O) groups excluding carboxylic acids is 2. The molecule has 0 radical (unpaired) electrons. The molecule has 0 aliphatic rings. The molecule has 1 aromatic carbocycles. The van der Waals surface area contributed by atoms with Crippen LogP contribution in [0.15, 0.2) is 24.3 Å². The number of hydrogen-bond acceptors (Lipinski definition) is 3. The molecule has 0 amide bonds. The molecular weight excluding hydrogens is 192 g/mol. The molecule has 0 saturated carbocycles. The number of ether oxygens (including phenoxy) is 1. The zero-order valence-corrected chi connectivity index (χ0v) is 8.95. The topological polar surface area (TPSA) is 43.4 Å². The maximum Gasteiger partial charge on any atom is 0.170 e. The van der Waals surface area contributed by atoms with Crippen LogP contribution in [-0.2, 0) is 4.79 Å². The summed E-state index contributed by atoms with van der Waals surface area (Å²) in [7, 11) is 1.57. The highest BCUT2D eigenvalue weighted by atomic mass is 16.5. The summed E-state index contributed by atoms with van der Waals surface area (Å²) in [4.78, 5) is 22.6. The van der Waals surface area contributed by atoms with E-state index >= 15 is 0 Å². The van der Waals surface area contributed by atoms with Gasteiger partial charge < -0.3 is 4.74 Å². The molecule has 0 bridgehead atoms. The van der Waals surface area contributed by atoms with Crippen molar-refractivity contribution in [3.05, 3.63) is 29.8 Å². The lowest BCUT2D eigenvalue weighted by Gasteiger charge is -2.01. The van der Waals surface area contributed by atoms with Gasteiger partial charge in [-0.3, -0.25) is 9.59 Å². The number of hydrogen-bond donors (Lipinski definition) is 0. The second-order valence-corrected chi connectivity index (χ2v) is 3.22. The van der Waals surface area contributed by atoms with Crippen LogP contribution in [0, 0.1) is 0 Å². The van der Waals surface area contributed by atoms with E-state index in [-0.39, 0.29) is 18.0 Å². The maximum atomic E-state index is 11.6. The highest BCUT2D eigenvalue weighted by Gasteiger charge is 2.09. The minimum absolute atomic E-state index is 0.0111. The van der Waals surface area contributed by atoms with Crippen molar-refractivity contribution < 1.29 is 14.3 Å².